The summed E-state index contributed by atoms with van der Waals surface area (Å²) in [6, 6.07) is -0.558. The molecule has 0 spiro atoms. The van der Waals surface area contributed by atoms with E-state index >= 15 is 0 Å². The van der Waals surface area contributed by atoms with Crippen molar-refractivity contribution in [2.75, 3.05) is 0 Å². The minimum Gasteiger partial charge on any atom is -0.401 e. The molecular formula is C17H30N4O3S. The Morgan fingerprint density at radius 3 is 2.20 bits per heavy atom. The van der Waals surface area contributed by atoms with Crippen LogP contribution in [0.4, 0.5) is 0 Å². The molecule has 0 aliphatic rings. The van der Waals surface area contributed by atoms with Crippen LogP contribution in [-0.4, -0.2) is 34.0 Å². The molecular weight excluding hydrogens is 340 g/mol. The molecule has 0 saturated carbocycles. The Morgan fingerprint density at radius 1 is 1.24 bits per heavy atom. The molecule has 0 aromatic heterocycles. The van der Waals surface area contributed by atoms with Gasteiger partial charge in [0.15, 0.2) is 0 Å². The molecule has 0 heterocycles. The lowest BCUT2D eigenvalue weighted by molar-refractivity contribution is -0.140. The second-order valence-corrected chi connectivity index (χ2v) is 7.89. The van der Waals surface area contributed by atoms with Gasteiger partial charge in [0.1, 0.15) is 6.29 Å². The minimum absolute atomic E-state index is 0.207. The van der Waals surface area contributed by atoms with Crippen LogP contribution in [0.15, 0.2) is 24.0 Å². The van der Waals surface area contributed by atoms with Crippen LogP contribution >= 0.6 is 12.8 Å². The lowest BCUT2D eigenvalue weighted by Gasteiger charge is -2.42. The molecule has 0 aromatic rings. The van der Waals surface area contributed by atoms with Crippen LogP contribution in [0.1, 0.15) is 47.5 Å². The first-order valence-electron chi connectivity index (χ1n) is 7.95. The summed E-state index contributed by atoms with van der Waals surface area (Å²) in [4.78, 5) is 36.4. The third kappa shape index (κ3) is 7.74. The van der Waals surface area contributed by atoms with Gasteiger partial charge in [-0.1, -0.05) is 46.6 Å². The maximum absolute atomic E-state index is 12.3. The fourth-order valence-corrected chi connectivity index (χ4v) is 3.19. The highest BCUT2D eigenvalue weighted by molar-refractivity contribution is 7.77. The van der Waals surface area contributed by atoms with E-state index in [0.717, 1.165) is 15.6 Å². The number of carbonyl (C=O) groups excluding carboxylic acids is 3. The van der Waals surface area contributed by atoms with Gasteiger partial charge in [0, 0.05) is 23.7 Å². The van der Waals surface area contributed by atoms with E-state index in [1.165, 1.54) is 12.3 Å². The van der Waals surface area contributed by atoms with Crippen molar-refractivity contribution in [3.63, 3.8) is 0 Å². The van der Waals surface area contributed by atoms with Crippen molar-refractivity contribution in [3.8, 4) is 0 Å². The van der Waals surface area contributed by atoms with Gasteiger partial charge < -0.3 is 10.5 Å². The smallest absolute Gasteiger partial charge is 0.252 e. The fraction of sp³-hybridized carbons (Fsp3) is 0.588. The highest BCUT2D eigenvalue weighted by Crippen LogP contribution is 2.39. The van der Waals surface area contributed by atoms with Gasteiger partial charge in [0.2, 0.25) is 6.41 Å². The molecule has 0 aliphatic heterocycles. The topological polar surface area (TPSA) is 110 Å². The zero-order chi connectivity index (χ0) is 19.8. The molecule has 2 amide bonds. The number of nitrogens with two attached hydrogens (primary N) is 2. The highest BCUT2D eigenvalue weighted by Gasteiger charge is 2.40. The fourth-order valence-electron chi connectivity index (χ4n) is 3.04. The van der Waals surface area contributed by atoms with Crippen molar-refractivity contribution in [3.05, 3.63) is 24.0 Å². The molecule has 0 saturated heterocycles. The van der Waals surface area contributed by atoms with Crippen LogP contribution in [0, 0.1) is 10.8 Å². The third-order valence-corrected chi connectivity index (χ3v) is 3.99. The Hall–Kier alpha value is -1.80. The molecule has 8 heteroatoms. The number of hydrogen-bond donors (Lipinski definition) is 3. The maximum Gasteiger partial charge on any atom is 0.252 e. The van der Waals surface area contributed by atoms with Crippen LogP contribution in [0.5, 0.6) is 0 Å². The number of thiol groups is 1. The van der Waals surface area contributed by atoms with E-state index in [4.69, 9.17) is 11.6 Å². The Morgan fingerprint density at radius 2 is 1.80 bits per heavy atom. The second kappa shape index (κ2) is 9.62. The SMILES string of the molecule is C/C=C\C(=O)N(C=O)C(C/C(N)=C/N(N)S)C(C)(C)CC(C)(C)C=O. The second-order valence-electron chi connectivity index (χ2n) is 7.43. The van der Waals surface area contributed by atoms with Crippen molar-refractivity contribution in [1.82, 2.24) is 9.31 Å². The summed E-state index contributed by atoms with van der Waals surface area (Å²) in [7, 11) is 0. The van der Waals surface area contributed by atoms with E-state index in [2.05, 4.69) is 12.8 Å². The lowest BCUT2D eigenvalue weighted by atomic mass is 9.70. The molecule has 25 heavy (non-hydrogen) atoms. The largest absolute Gasteiger partial charge is 0.401 e. The zero-order valence-electron chi connectivity index (χ0n) is 15.6. The van der Waals surface area contributed by atoms with Gasteiger partial charge in [-0.15, -0.1) is 0 Å². The number of rotatable bonds is 10. The summed E-state index contributed by atoms with van der Waals surface area (Å²) >= 11 is 3.91. The van der Waals surface area contributed by atoms with Crippen LogP contribution in [0.25, 0.3) is 0 Å². The van der Waals surface area contributed by atoms with E-state index in [0.29, 0.717) is 18.5 Å². The van der Waals surface area contributed by atoms with E-state index in [1.807, 2.05) is 27.7 Å². The van der Waals surface area contributed by atoms with Gasteiger partial charge in [0.25, 0.3) is 5.91 Å². The highest BCUT2D eigenvalue weighted by atomic mass is 32.1. The van der Waals surface area contributed by atoms with Crippen LogP contribution < -0.4 is 11.6 Å². The number of aldehydes is 1. The predicted octanol–water partition coefficient (Wildman–Crippen LogP) is 1.77. The van der Waals surface area contributed by atoms with Gasteiger partial charge in [-0.2, -0.15) is 0 Å². The number of amides is 2. The molecule has 0 rings (SSSR count). The van der Waals surface area contributed by atoms with E-state index in [1.54, 1.807) is 13.0 Å². The van der Waals surface area contributed by atoms with Gasteiger partial charge in [0.05, 0.1) is 6.04 Å². The number of imide groups is 1. The van der Waals surface area contributed by atoms with E-state index in [9.17, 15) is 14.4 Å². The summed E-state index contributed by atoms with van der Waals surface area (Å²) in [6.45, 7) is 9.11. The molecule has 0 aliphatic carbocycles. The summed E-state index contributed by atoms with van der Waals surface area (Å²) in [5, 5.41) is 0. The quantitative estimate of drug-likeness (QED) is 0.178. The first-order valence-corrected chi connectivity index (χ1v) is 8.35. The summed E-state index contributed by atoms with van der Waals surface area (Å²) in [5.41, 5.74) is 5.16. The normalized spacial score (nSPS) is 14.3. The average molecular weight is 371 g/mol. The Balaban J connectivity index is 5.91. The van der Waals surface area contributed by atoms with E-state index < -0.39 is 22.8 Å². The molecule has 0 radical (unpaired) electrons. The monoisotopic (exact) mass is 370 g/mol. The molecule has 1 atom stereocenters. The molecule has 7 nitrogen and oxygen atoms in total. The Bertz CT molecular complexity index is 542. The summed E-state index contributed by atoms with van der Waals surface area (Å²) in [6.07, 6.45) is 6.32. The number of hydrazine groups is 1. The van der Waals surface area contributed by atoms with Crippen LogP contribution in [0.2, 0.25) is 0 Å². The molecule has 4 N–H and O–H groups in total. The predicted molar refractivity (Wildman–Crippen MR) is 102 cm³/mol. The van der Waals surface area contributed by atoms with Crippen molar-refractivity contribution < 1.29 is 14.4 Å². The van der Waals surface area contributed by atoms with Gasteiger partial charge >= 0.3 is 0 Å². The Kier molecular flexibility index (Phi) is 8.93. The van der Waals surface area contributed by atoms with E-state index in [-0.39, 0.29) is 6.42 Å². The number of hydrogen-bond acceptors (Lipinski definition) is 7. The van der Waals surface area contributed by atoms with Gasteiger partial charge in [-0.25, -0.2) is 5.84 Å². The summed E-state index contributed by atoms with van der Waals surface area (Å²) in [5.74, 6) is 5.01. The zero-order valence-corrected chi connectivity index (χ0v) is 16.5. The number of carbonyl (C=O) groups is 3. The van der Waals surface area contributed by atoms with Crippen LogP contribution in [0.3, 0.4) is 0 Å². The Labute approximate surface area is 155 Å². The standard InChI is InChI=1S/C17H30N4O3S/c1-6-7-15(24)20(12-23)14(8-13(18)9-21(19)25)17(4,5)10-16(2,3)11-22/h6-7,9,11-12,14,25H,8,10,18-19H2,1-5H3/b7-6-,13-9-. The molecule has 142 valence electrons. The number of allylic oxidation sites excluding steroid dienone is 1. The summed E-state index contributed by atoms with van der Waals surface area (Å²) < 4.78 is 1.01. The first kappa shape index (κ1) is 23.2. The van der Waals surface area contributed by atoms with Crippen molar-refractivity contribution in [1.29, 1.82) is 0 Å². The van der Waals surface area contributed by atoms with Crippen molar-refractivity contribution >= 4 is 31.4 Å². The minimum atomic E-state index is -0.609. The molecule has 1 unspecified atom stereocenters. The third-order valence-electron chi connectivity index (χ3n) is 3.87. The molecule has 0 fully saturated rings. The number of nitrogens with zero attached hydrogens (tertiary/aromatic N) is 2. The van der Waals surface area contributed by atoms with Crippen LogP contribution in [-0.2, 0) is 14.4 Å². The van der Waals surface area contributed by atoms with Gasteiger partial charge in [-0.05, 0) is 24.8 Å². The van der Waals surface area contributed by atoms with Crippen molar-refractivity contribution in [2.24, 2.45) is 22.4 Å². The maximum atomic E-state index is 12.3. The molecule has 0 bridgehead atoms. The average Bonchev–Trinajstić information content (AvgIpc) is 2.45. The lowest BCUT2D eigenvalue weighted by Crippen LogP contribution is -2.49. The van der Waals surface area contributed by atoms with Crippen molar-refractivity contribution in [2.45, 2.75) is 53.5 Å². The molecule has 0 aromatic carbocycles. The van der Waals surface area contributed by atoms with Gasteiger partial charge in [-0.3, -0.25) is 18.9 Å². The first-order chi connectivity index (χ1) is 11.4.